The number of ketones is 1. The fourth-order valence-electron chi connectivity index (χ4n) is 4.07. The normalized spacial score (nSPS) is 23.4. The molecule has 4 heteroatoms. The summed E-state index contributed by atoms with van der Waals surface area (Å²) in [5, 5.41) is 0.949. The predicted molar refractivity (Wildman–Crippen MR) is 90.8 cm³/mol. The topological polar surface area (TPSA) is 26.3 Å². The van der Waals surface area contributed by atoms with E-state index in [1.165, 1.54) is 0 Å². The van der Waals surface area contributed by atoms with Crippen LogP contribution in [0.1, 0.15) is 44.2 Å². The lowest BCUT2D eigenvalue weighted by Gasteiger charge is -2.35. The Hall–Kier alpha value is -0.990. The Kier molecular flexibility index (Phi) is 4.03. The first-order valence-electron chi connectivity index (χ1n) is 7.68. The van der Waals surface area contributed by atoms with Crippen molar-refractivity contribution in [3.8, 4) is 5.75 Å². The molecule has 0 bridgehead atoms. The van der Waals surface area contributed by atoms with Crippen LogP contribution >= 0.6 is 23.2 Å². The molecule has 0 N–H and O–H groups in total. The molecule has 0 saturated carbocycles. The van der Waals surface area contributed by atoms with Gasteiger partial charge in [0.05, 0.1) is 12.1 Å². The molecule has 118 valence electrons. The second kappa shape index (κ2) is 5.58. The Morgan fingerprint density at radius 1 is 1.32 bits per heavy atom. The number of halogens is 2. The number of hydrogen-bond donors (Lipinski definition) is 0. The minimum atomic E-state index is 0.0176. The van der Waals surface area contributed by atoms with Crippen LogP contribution in [0.2, 0.25) is 10.0 Å². The lowest BCUT2D eigenvalue weighted by atomic mass is 9.68. The summed E-state index contributed by atoms with van der Waals surface area (Å²) in [6.45, 7) is 4.45. The van der Waals surface area contributed by atoms with E-state index in [2.05, 4.69) is 13.8 Å². The molecule has 1 aromatic rings. The summed E-state index contributed by atoms with van der Waals surface area (Å²) in [4.78, 5) is 12.0. The first-order valence-corrected chi connectivity index (χ1v) is 8.44. The summed E-state index contributed by atoms with van der Waals surface area (Å²) in [6.07, 6.45) is 5.27. The maximum atomic E-state index is 12.0. The summed E-state index contributed by atoms with van der Waals surface area (Å²) in [6, 6.07) is 1.98. The fourth-order valence-corrected chi connectivity index (χ4v) is 4.61. The molecule has 0 saturated heterocycles. The zero-order chi connectivity index (χ0) is 16.1. The molecule has 2 aliphatic carbocycles. The second-order valence-corrected chi connectivity index (χ2v) is 7.58. The predicted octanol–water partition coefficient (Wildman–Crippen LogP) is 5.34. The number of carbonyl (C=O) groups excluding carboxylic acids is 1. The number of methoxy groups -OCH3 is 1. The van der Waals surface area contributed by atoms with Crippen molar-refractivity contribution in [2.75, 3.05) is 7.11 Å². The van der Waals surface area contributed by atoms with Crippen molar-refractivity contribution in [3.63, 3.8) is 0 Å². The Morgan fingerprint density at radius 3 is 2.68 bits per heavy atom. The number of rotatable bonds is 3. The average molecular weight is 339 g/mol. The molecular formula is C18H20Cl2O2. The Morgan fingerprint density at radius 2 is 2.05 bits per heavy atom. The summed E-state index contributed by atoms with van der Waals surface area (Å²) < 4.78 is 5.34. The van der Waals surface area contributed by atoms with Gasteiger partial charge in [-0.3, -0.25) is 4.79 Å². The molecule has 0 radical (unpaired) electrons. The van der Waals surface area contributed by atoms with Crippen LogP contribution in [0, 0.1) is 11.3 Å². The molecular weight excluding hydrogens is 319 g/mol. The summed E-state index contributed by atoms with van der Waals surface area (Å²) in [7, 11) is 1.60. The van der Waals surface area contributed by atoms with E-state index in [1.807, 2.05) is 6.07 Å². The largest absolute Gasteiger partial charge is 0.495 e. The minimum Gasteiger partial charge on any atom is -0.495 e. The molecule has 2 aliphatic rings. The third-order valence-corrected chi connectivity index (χ3v) is 5.65. The van der Waals surface area contributed by atoms with Gasteiger partial charge in [0.15, 0.2) is 5.78 Å². The molecule has 3 rings (SSSR count). The van der Waals surface area contributed by atoms with Crippen molar-refractivity contribution in [2.24, 2.45) is 11.3 Å². The van der Waals surface area contributed by atoms with E-state index < -0.39 is 0 Å². The van der Waals surface area contributed by atoms with Gasteiger partial charge in [-0.15, -0.1) is 0 Å². The molecule has 0 aromatic heterocycles. The Bertz CT molecular complexity index is 676. The number of ether oxygens (including phenoxy) is 1. The molecule has 22 heavy (non-hydrogen) atoms. The Labute approximate surface area is 141 Å². The van der Waals surface area contributed by atoms with Crippen molar-refractivity contribution in [1.29, 1.82) is 0 Å². The van der Waals surface area contributed by atoms with Gasteiger partial charge < -0.3 is 4.74 Å². The van der Waals surface area contributed by atoms with Gasteiger partial charge in [-0.25, -0.2) is 0 Å². The highest BCUT2D eigenvalue weighted by Crippen LogP contribution is 2.58. The SMILES string of the molecule is COc1cc2c(c(Cl)c1Cl)C1=CC(=O)CCC1(CC(C)C)C2. The van der Waals surface area contributed by atoms with E-state index in [0.29, 0.717) is 28.1 Å². The van der Waals surface area contributed by atoms with Crippen LogP contribution < -0.4 is 4.74 Å². The monoisotopic (exact) mass is 338 g/mol. The molecule has 1 atom stereocenters. The lowest BCUT2D eigenvalue weighted by molar-refractivity contribution is -0.115. The van der Waals surface area contributed by atoms with E-state index in [4.69, 9.17) is 27.9 Å². The first kappa shape index (κ1) is 15.9. The number of hydrogen-bond acceptors (Lipinski definition) is 2. The van der Waals surface area contributed by atoms with Crippen LogP contribution in [0.3, 0.4) is 0 Å². The fraction of sp³-hybridized carbons (Fsp3) is 0.500. The van der Waals surface area contributed by atoms with Gasteiger partial charge >= 0.3 is 0 Å². The highest BCUT2D eigenvalue weighted by Gasteiger charge is 2.46. The zero-order valence-corrected chi connectivity index (χ0v) is 14.6. The molecule has 0 spiro atoms. The van der Waals surface area contributed by atoms with Gasteiger partial charge in [0.2, 0.25) is 0 Å². The van der Waals surface area contributed by atoms with Crippen LogP contribution in [0.5, 0.6) is 5.75 Å². The molecule has 0 aliphatic heterocycles. The number of allylic oxidation sites excluding steroid dienone is 2. The maximum absolute atomic E-state index is 12.0. The number of carbonyl (C=O) groups is 1. The summed E-state index contributed by atoms with van der Waals surface area (Å²) in [5.74, 6) is 1.35. The minimum absolute atomic E-state index is 0.0176. The quantitative estimate of drug-likeness (QED) is 0.743. The highest BCUT2D eigenvalue weighted by atomic mass is 35.5. The van der Waals surface area contributed by atoms with Crippen LogP contribution in [-0.2, 0) is 11.2 Å². The van der Waals surface area contributed by atoms with Crippen LogP contribution in [0.15, 0.2) is 12.1 Å². The van der Waals surface area contributed by atoms with E-state index in [0.717, 1.165) is 36.0 Å². The molecule has 0 amide bonds. The van der Waals surface area contributed by atoms with Crippen LogP contribution in [-0.4, -0.2) is 12.9 Å². The molecule has 0 heterocycles. The van der Waals surface area contributed by atoms with Gasteiger partial charge in [-0.1, -0.05) is 37.0 Å². The zero-order valence-electron chi connectivity index (χ0n) is 13.1. The van der Waals surface area contributed by atoms with Crippen molar-refractivity contribution in [3.05, 3.63) is 33.3 Å². The van der Waals surface area contributed by atoms with Crippen LogP contribution in [0.25, 0.3) is 5.57 Å². The van der Waals surface area contributed by atoms with Gasteiger partial charge in [0.1, 0.15) is 10.8 Å². The average Bonchev–Trinajstić information content (AvgIpc) is 2.75. The third kappa shape index (κ3) is 2.37. The molecule has 0 fully saturated rings. The highest BCUT2D eigenvalue weighted by molar-refractivity contribution is 6.44. The van der Waals surface area contributed by atoms with Crippen LogP contribution in [0.4, 0.5) is 0 Å². The lowest BCUT2D eigenvalue weighted by Crippen LogP contribution is -2.27. The molecule has 1 unspecified atom stereocenters. The van der Waals surface area contributed by atoms with E-state index in [9.17, 15) is 4.79 Å². The third-order valence-electron chi connectivity index (χ3n) is 4.80. The first-order chi connectivity index (χ1) is 10.4. The van der Waals surface area contributed by atoms with E-state index >= 15 is 0 Å². The molecule has 1 aromatic carbocycles. The summed E-state index contributed by atoms with van der Waals surface area (Å²) >= 11 is 12.9. The van der Waals surface area contributed by atoms with Crippen molar-refractivity contribution >= 4 is 34.6 Å². The van der Waals surface area contributed by atoms with E-state index in [1.54, 1.807) is 13.2 Å². The number of benzene rings is 1. The standard InChI is InChI=1S/C18H20Cl2O2/c1-10(2)8-18-5-4-12(21)7-13(18)15-11(9-18)6-14(22-3)16(19)17(15)20/h6-7,10H,4-5,8-9H2,1-3H3. The van der Waals surface area contributed by atoms with Gasteiger partial charge in [0.25, 0.3) is 0 Å². The second-order valence-electron chi connectivity index (χ2n) is 6.82. The molecule has 2 nitrogen and oxygen atoms in total. The van der Waals surface area contributed by atoms with E-state index in [-0.39, 0.29) is 11.2 Å². The smallest absolute Gasteiger partial charge is 0.156 e. The number of fused-ring (bicyclic) bond motifs is 3. The van der Waals surface area contributed by atoms with Gasteiger partial charge in [-0.05, 0) is 48.5 Å². The van der Waals surface area contributed by atoms with Gasteiger partial charge in [-0.2, -0.15) is 0 Å². The van der Waals surface area contributed by atoms with Crippen molar-refractivity contribution in [2.45, 2.75) is 39.5 Å². The van der Waals surface area contributed by atoms with Gasteiger partial charge in [0, 0.05) is 17.4 Å². The van der Waals surface area contributed by atoms with Crippen molar-refractivity contribution in [1.82, 2.24) is 0 Å². The van der Waals surface area contributed by atoms with Crippen molar-refractivity contribution < 1.29 is 9.53 Å². The Balaban J connectivity index is 2.20. The maximum Gasteiger partial charge on any atom is 0.156 e. The summed E-state index contributed by atoms with van der Waals surface area (Å²) in [5.41, 5.74) is 3.21.